The molecule has 0 spiro atoms. The second kappa shape index (κ2) is 5.51. The number of ether oxygens (including phenoxy) is 1. The van der Waals surface area contributed by atoms with Crippen LogP contribution < -0.4 is 11.3 Å². The van der Waals surface area contributed by atoms with E-state index in [2.05, 4.69) is 5.43 Å². The first-order valence-electron chi connectivity index (χ1n) is 6.15. The zero-order valence-electron chi connectivity index (χ0n) is 11.4. The number of nitrogens with one attached hydrogen (secondary N) is 1. The summed E-state index contributed by atoms with van der Waals surface area (Å²) in [6.45, 7) is 4.02. The summed E-state index contributed by atoms with van der Waals surface area (Å²) in [7, 11) is 1.69. The van der Waals surface area contributed by atoms with Crippen molar-refractivity contribution >= 4 is 22.6 Å². The van der Waals surface area contributed by atoms with Crippen LogP contribution in [0.25, 0.3) is 11.0 Å². The predicted molar refractivity (Wildman–Crippen MR) is 77.0 cm³/mol. The van der Waals surface area contributed by atoms with Crippen molar-refractivity contribution in [2.24, 2.45) is 5.84 Å². The summed E-state index contributed by atoms with van der Waals surface area (Å²) in [6.07, 6.45) is 0.702. The highest BCUT2D eigenvalue weighted by Crippen LogP contribution is 2.30. The molecule has 0 bridgehead atoms. The largest absolute Gasteiger partial charge is 0.459 e. The maximum Gasteiger partial charge on any atom is 0.134 e. The van der Waals surface area contributed by atoms with Crippen molar-refractivity contribution < 1.29 is 9.15 Å². The minimum Gasteiger partial charge on any atom is -0.459 e. The molecule has 2 rings (SSSR count). The number of rotatable bonds is 5. The summed E-state index contributed by atoms with van der Waals surface area (Å²) in [5.74, 6) is 6.41. The van der Waals surface area contributed by atoms with E-state index in [9.17, 15) is 0 Å². The molecule has 0 saturated heterocycles. The van der Waals surface area contributed by atoms with Crippen LogP contribution in [0.1, 0.15) is 32.1 Å². The Labute approximate surface area is 117 Å². The van der Waals surface area contributed by atoms with E-state index in [-0.39, 0.29) is 11.6 Å². The van der Waals surface area contributed by atoms with Gasteiger partial charge in [-0.15, -0.1) is 0 Å². The van der Waals surface area contributed by atoms with Gasteiger partial charge in [-0.2, -0.15) is 0 Å². The quantitative estimate of drug-likeness (QED) is 0.652. The van der Waals surface area contributed by atoms with Crippen LogP contribution in [0, 0.1) is 0 Å². The van der Waals surface area contributed by atoms with Gasteiger partial charge in [0.05, 0.1) is 11.6 Å². The smallest absolute Gasteiger partial charge is 0.134 e. The molecule has 3 N–H and O–H groups in total. The van der Waals surface area contributed by atoms with E-state index in [1.807, 2.05) is 32.0 Å². The second-order valence-corrected chi connectivity index (χ2v) is 5.65. The number of furan rings is 1. The molecule has 0 amide bonds. The predicted octanol–water partition coefficient (Wildman–Crippen LogP) is 3.41. The van der Waals surface area contributed by atoms with Crippen LogP contribution in [-0.2, 0) is 4.74 Å². The van der Waals surface area contributed by atoms with Gasteiger partial charge in [-0.3, -0.25) is 5.84 Å². The van der Waals surface area contributed by atoms with E-state index in [1.165, 1.54) is 0 Å². The molecule has 1 heterocycles. The van der Waals surface area contributed by atoms with Crippen LogP contribution in [0.3, 0.4) is 0 Å². The fraction of sp³-hybridized carbons (Fsp3) is 0.429. The number of benzene rings is 1. The Kier molecular flexibility index (Phi) is 4.16. The Bertz CT molecular complexity index is 566. The molecule has 19 heavy (non-hydrogen) atoms. The van der Waals surface area contributed by atoms with Crippen molar-refractivity contribution in [1.82, 2.24) is 5.43 Å². The lowest BCUT2D eigenvalue weighted by Gasteiger charge is -2.27. The molecule has 1 aromatic heterocycles. The minimum absolute atomic E-state index is 0.110. The number of hydrogen-bond acceptors (Lipinski definition) is 4. The van der Waals surface area contributed by atoms with Gasteiger partial charge in [0.1, 0.15) is 11.3 Å². The van der Waals surface area contributed by atoms with Crippen LogP contribution >= 0.6 is 11.6 Å². The first kappa shape index (κ1) is 14.3. The molecule has 1 atom stereocenters. The Morgan fingerprint density at radius 3 is 2.79 bits per heavy atom. The Balaban J connectivity index is 2.30. The molecular formula is C14H19ClN2O2. The molecule has 5 heteroatoms. The standard InChI is InChI=1S/C14H19ClN2O2/c1-14(2,18-3)8-11(17-16)13-7-9-6-10(15)4-5-12(9)19-13/h4-7,11,17H,8,16H2,1-3H3. The number of hydrazine groups is 1. The molecule has 4 nitrogen and oxygen atoms in total. The summed E-state index contributed by atoms with van der Waals surface area (Å²) in [5.41, 5.74) is 3.29. The lowest BCUT2D eigenvalue weighted by Crippen LogP contribution is -2.35. The van der Waals surface area contributed by atoms with Crippen LogP contribution in [-0.4, -0.2) is 12.7 Å². The van der Waals surface area contributed by atoms with Crippen molar-refractivity contribution in [2.75, 3.05) is 7.11 Å². The van der Waals surface area contributed by atoms with Crippen molar-refractivity contribution in [2.45, 2.75) is 31.9 Å². The van der Waals surface area contributed by atoms with Gasteiger partial charge in [-0.1, -0.05) is 11.6 Å². The number of hydrogen-bond donors (Lipinski definition) is 2. The van der Waals surface area contributed by atoms with E-state index in [1.54, 1.807) is 13.2 Å². The van der Waals surface area contributed by atoms with E-state index in [0.29, 0.717) is 11.4 Å². The summed E-state index contributed by atoms with van der Waals surface area (Å²) in [6, 6.07) is 7.38. The second-order valence-electron chi connectivity index (χ2n) is 5.22. The van der Waals surface area contributed by atoms with E-state index in [4.69, 9.17) is 26.6 Å². The molecule has 0 saturated carbocycles. The maximum atomic E-state index is 5.97. The van der Waals surface area contributed by atoms with Crippen molar-refractivity contribution in [3.63, 3.8) is 0 Å². The molecule has 0 aliphatic rings. The zero-order valence-corrected chi connectivity index (χ0v) is 12.1. The highest BCUT2D eigenvalue weighted by atomic mass is 35.5. The monoisotopic (exact) mass is 282 g/mol. The average molecular weight is 283 g/mol. The van der Waals surface area contributed by atoms with E-state index >= 15 is 0 Å². The normalized spacial score (nSPS) is 13.9. The van der Waals surface area contributed by atoms with E-state index < -0.39 is 0 Å². The van der Waals surface area contributed by atoms with Crippen LogP contribution in [0.4, 0.5) is 0 Å². The van der Waals surface area contributed by atoms with Gasteiger partial charge >= 0.3 is 0 Å². The zero-order chi connectivity index (χ0) is 14.0. The Morgan fingerprint density at radius 1 is 1.42 bits per heavy atom. The molecule has 104 valence electrons. The number of fused-ring (bicyclic) bond motifs is 1. The number of nitrogens with two attached hydrogens (primary N) is 1. The molecule has 0 aliphatic heterocycles. The van der Waals surface area contributed by atoms with Gasteiger partial charge in [-0.25, -0.2) is 5.43 Å². The van der Waals surface area contributed by atoms with Gasteiger partial charge in [0, 0.05) is 17.5 Å². The molecular weight excluding hydrogens is 264 g/mol. The summed E-state index contributed by atoms with van der Waals surface area (Å²) in [5, 5.41) is 1.66. The van der Waals surface area contributed by atoms with Gasteiger partial charge < -0.3 is 9.15 Å². The van der Waals surface area contributed by atoms with Gasteiger partial charge in [0.2, 0.25) is 0 Å². The van der Waals surface area contributed by atoms with Gasteiger partial charge in [-0.05, 0) is 44.5 Å². The first-order chi connectivity index (χ1) is 8.95. The molecule has 0 aliphatic carbocycles. The Morgan fingerprint density at radius 2 is 2.16 bits per heavy atom. The first-order valence-corrected chi connectivity index (χ1v) is 6.53. The number of methoxy groups -OCH3 is 1. The highest BCUT2D eigenvalue weighted by molar-refractivity contribution is 6.31. The molecule has 1 unspecified atom stereocenters. The van der Waals surface area contributed by atoms with Crippen molar-refractivity contribution in [1.29, 1.82) is 0 Å². The third kappa shape index (κ3) is 3.28. The third-order valence-corrected chi connectivity index (χ3v) is 3.53. The van der Waals surface area contributed by atoms with Crippen molar-refractivity contribution in [3.05, 3.63) is 35.0 Å². The van der Waals surface area contributed by atoms with Crippen LogP contribution in [0.2, 0.25) is 5.02 Å². The Hall–Kier alpha value is -1.07. The average Bonchev–Trinajstić information content (AvgIpc) is 2.78. The van der Waals surface area contributed by atoms with Gasteiger partial charge in [0.15, 0.2) is 0 Å². The topological polar surface area (TPSA) is 60.4 Å². The minimum atomic E-state index is -0.284. The van der Waals surface area contributed by atoms with E-state index in [0.717, 1.165) is 16.7 Å². The SMILES string of the molecule is COC(C)(C)CC(NN)c1cc2cc(Cl)ccc2o1. The fourth-order valence-corrected chi connectivity index (χ4v) is 2.20. The molecule has 0 radical (unpaired) electrons. The van der Waals surface area contributed by atoms with Crippen LogP contribution in [0.5, 0.6) is 0 Å². The summed E-state index contributed by atoms with van der Waals surface area (Å²) in [4.78, 5) is 0. The highest BCUT2D eigenvalue weighted by Gasteiger charge is 2.25. The van der Waals surface area contributed by atoms with Gasteiger partial charge in [0.25, 0.3) is 0 Å². The number of halogens is 1. The summed E-state index contributed by atoms with van der Waals surface area (Å²) >= 11 is 5.97. The third-order valence-electron chi connectivity index (χ3n) is 3.29. The lowest BCUT2D eigenvalue weighted by atomic mass is 9.97. The lowest BCUT2D eigenvalue weighted by molar-refractivity contribution is 0.00512. The maximum absolute atomic E-state index is 5.97. The van der Waals surface area contributed by atoms with Crippen LogP contribution in [0.15, 0.2) is 28.7 Å². The molecule has 2 aromatic rings. The van der Waals surface area contributed by atoms with Crippen molar-refractivity contribution in [3.8, 4) is 0 Å². The molecule has 1 aromatic carbocycles. The molecule has 0 fully saturated rings. The summed E-state index contributed by atoms with van der Waals surface area (Å²) < 4.78 is 11.2. The fourth-order valence-electron chi connectivity index (χ4n) is 2.02.